The van der Waals surface area contributed by atoms with E-state index in [1.807, 2.05) is 13.8 Å². The fraction of sp³-hybridized carbons (Fsp3) is 0.333. The Morgan fingerprint density at radius 1 is 0.852 bits per heavy atom. The number of hydrogen-bond donors (Lipinski definition) is 2. The van der Waals surface area contributed by atoms with E-state index in [2.05, 4.69) is 10.6 Å². The predicted molar refractivity (Wildman–Crippen MR) is 106 cm³/mol. The second kappa shape index (κ2) is 9.62. The summed E-state index contributed by atoms with van der Waals surface area (Å²) in [6, 6.07) is 14.0. The van der Waals surface area contributed by atoms with E-state index in [1.54, 1.807) is 62.6 Å². The van der Waals surface area contributed by atoms with Gasteiger partial charge >= 0.3 is 0 Å². The maximum absolute atomic E-state index is 12.3. The van der Waals surface area contributed by atoms with Crippen LogP contribution < -0.4 is 20.1 Å². The molecule has 0 saturated heterocycles. The third kappa shape index (κ3) is 6.66. The standard InChI is InChI=1S/C21H26N2O4/c1-14(2)13-20(24)22-16-5-7-17(8-6-16)23-21(25)15(3)27-19-11-9-18(26-4)10-12-19/h5-12,14-15H,13H2,1-4H3,(H,22,24)(H,23,25). The number of methoxy groups -OCH3 is 1. The average molecular weight is 370 g/mol. The summed E-state index contributed by atoms with van der Waals surface area (Å²) in [7, 11) is 1.59. The van der Waals surface area contributed by atoms with Crippen molar-refractivity contribution in [2.45, 2.75) is 33.3 Å². The molecule has 0 saturated carbocycles. The number of anilines is 2. The van der Waals surface area contributed by atoms with E-state index in [1.165, 1.54) is 0 Å². The van der Waals surface area contributed by atoms with Crippen molar-refractivity contribution in [1.82, 2.24) is 0 Å². The van der Waals surface area contributed by atoms with Gasteiger partial charge in [-0.15, -0.1) is 0 Å². The normalized spacial score (nSPS) is 11.6. The van der Waals surface area contributed by atoms with Gasteiger partial charge in [-0.05, 0) is 61.4 Å². The lowest BCUT2D eigenvalue weighted by atomic mass is 10.1. The molecular weight excluding hydrogens is 344 g/mol. The van der Waals surface area contributed by atoms with Crippen LogP contribution in [0.4, 0.5) is 11.4 Å². The molecule has 6 nitrogen and oxygen atoms in total. The van der Waals surface area contributed by atoms with Crippen molar-refractivity contribution >= 4 is 23.2 Å². The first-order valence-electron chi connectivity index (χ1n) is 8.89. The molecule has 1 atom stereocenters. The zero-order chi connectivity index (χ0) is 19.8. The highest BCUT2D eigenvalue weighted by Crippen LogP contribution is 2.19. The molecule has 2 N–H and O–H groups in total. The zero-order valence-electron chi connectivity index (χ0n) is 16.1. The lowest BCUT2D eigenvalue weighted by Gasteiger charge is -2.15. The average Bonchev–Trinajstić information content (AvgIpc) is 2.63. The molecule has 2 aromatic rings. The van der Waals surface area contributed by atoms with Crippen molar-refractivity contribution in [1.29, 1.82) is 0 Å². The highest BCUT2D eigenvalue weighted by atomic mass is 16.5. The number of carbonyl (C=O) groups excluding carboxylic acids is 2. The summed E-state index contributed by atoms with van der Waals surface area (Å²) < 4.78 is 10.7. The summed E-state index contributed by atoms with van der Waals surface area (Å²) in [6.07, 6.45) is -0.192. The third-order valence-electron chi connectivity index (χ3n) is 3.77. The lowest BCUT2D eigenvalue weighted by molar-refractivity contribution is -0.122. The van der Waals surface area contributed by atoms with E-state index in [0.717, 1.165) is 5.75 Å². The van der Waals surface area contributed by atoms with Crippen molar-refractivity contribution in [3.05, 3.63) is 48.5 Å². The molecule has 0 bridgehead atoms. The van der Waals surface area contributed by atoms with E-state index < -0.39 is 6.10 Å². The van der Waals surface area contributed by atoms with Gasteiger partial charge in [0.2, 0.25) is 5.91 Å². The van der Waals surface area contributed by atoms with Crippen LogP contribution in [0.25, 0.3) is 0 Å². The van der Waals surface area contributed by atoms with Crippen LogP contribution in [0.5, 0.6) is 11.5 Å². The van der Waals surface area contributed by atoms with Crippen LogP contribution in [-0.2, 0) is 9.59 Å². The molecule has 0 aromatic heterocycles. The molecule has 0 fully saturated rings. The number of rotatable bonds is 8. The first kappa shape index (κ1) is 20.3. The SMILES string of the molecule is COc1ccc(OC(C)C(=O)Nc2ccc(NC(=O)CC(C)C)cc2)cc1. The highest BCUT2D eigenvalue weighted by Gasteiger charge is 2.15. The van der Waals surface area contributed by atoms with Crippen LogP contribution in [-0.4, -0.2) is 25.0 Å². The molecule has 2 aromatic carbocycles. The van der Waals surface area contributed by atoms with Crippen LogP contribution in [0.1, 0.15) is 27.2 Å². The Morgan fingerprint density at radius 2 is 1.37 bits per heavy atom. The van der Waals surface area contributed by atoms with Gasteiger partial charge in [-0.3, -0.25) is 9.59 Å². The first-order chi connectivity index (χ1) is 12.9. The Morgan fingerprint density at radius 3 is 1.89 bits per heavy atom. The Kier molecular flexibility index (Phi) is 7.23. The van der Waals surface area contributed by atoms with E-state index in [9.17, 15) is 9.59 Å². The number of carbonyl (C=O) groups is 2. The Labute approximate surface area is 159 Å². The van der Waals surface area contributed by atoms with Gasteiger partial charge in [0.1, 0.15) is 11.5 Å². The zero-order valence-corrected chi connectivity index (χ0v) is 16.1. The minimum atomic E-state index is -0.663. The van der Waals surface area contributed by atoms with Crippen molar-refractivity contribution in [2.24, 2.45) is 5.92 Å². The van der Waals surface area contributed by atoms with Crippen LogP contribution in [0.2, 0.25) is 0 Å². The van der Waals surface area contributed by atoms with Gasteiger partial charge in [-0.1, -0.05) is 13.8 Å². The lowest BCUT2D eigenvalue weighted by Crippen LogP contribution is -2.30. The molecule has 2 amide bonds. The molecule has 144 valence electrons. The number of nitrogens with one attached hydrogen (secondary N) is 2. The van der Waals surface area contributed by atoms with Crippen LogP contribution in [0.3, 0.4) is 0 Å². The molecule has 2 rings (SSSR count). The van der Waals surface area contributed by atoms with Gasteiger partial charge in [0.25, 0.3) is 5.91 Å². The fourth-order valence-corrected chi connectivity index (χ4v) is 2.38. The van der Waals surface area contributed by atoms with Crippen molar-refractivity contribution in [3.63, 3.8) is 0 Å². The van der Waals surface area contributed by atoms with Gasteiger partial charge in [0, 0.05) is 17.8 Å². The maximum atomic E-state index is 12.3. The number of hydrogen-bond acceptors (Lipinski definition) is 4. The number of benzene rings is 2. The molecule has 1 unspecified atom stereocenters. The predicted octanol–water partition coefficient (Wildman–Crippen LogP) is 4.09. The largest absolute Gasteiger partial charge is 0.497 e. The van der Waals surface area contributed by atoms with E-state index >= 15 is 0 Å². The molecule has 0 radical (unpaired) electrons. The minimum absolute atomic E-state index is 0.0247. The molecule has 27 heavy (non-hydrogen) atoms. The smallest absolute Gasteiger partial charge is 0.265 e. The Hall–Kier alpha value is -3.02. The summed E-state index contributed by atoms with van der Waals surface area (Å²) in [4.78, 5) is 24.1. The fourth-order valence-electron chi connectivity index (χ4n) is 2.38. The summed E-state index contributed by atoms with van der Waals surface area (Å²) in [5.41, 5.74) is 1.33. The number of ether oxygens (including phenoxy) is 2. The Bertz CT molecular complexity index is 755. The molecule has 0 spiro atoms. The monoisotopic (exact) mass is 370 g/mol. The second-order valence-corrected chi connectivity index (χ2v) is 6.65. The highest BCUT2D eigenvalue weighted by molar-refractivity contribution is 5.95. The van der Waals surface area contributed by atoms with E-state index in [4.69, 9.17) is 9.47 Å². The first-order valence-corrected chi connectivity index (χ1v) is 8.89. The van der Waals surface area contributed by atoms with Gasteiger partial charge in [-0.2, -0.15) is 0 Å². The van der Waals surface area contributed by atoms with Crippen molar-refractivity contribution in [2.75, 3.05) is 17.7 Å². The van der Waals surface area contributed by atoms with Gasteiger partial charge in [0.05, 0.1) is 7.11 Å². The molecule has 0 heterocycles. The van der Waals surface area contributed by atoms with E-state index in [0.29, 0.717) is 29.5 Å². The number of amides is 2. The summed E-state index contributed by atoms with van der Waals surface area (Å²) in [5, 5.41) is 5.63. The third-order valence-corrected chi connectivity index (χ3v) is 3.77. The van der Waals surface area contributed by atoms with Crippen LogP contribution in [0, 0.1) is 5.92 Å². The summed E-state index contributed by atoms with van der Waals surface area (Å²) in [6.45, 7) is 5.67. The van der Waals surface area contributed by atoms with Gasteiger partial charge in [-0.25, -0.2) is 0 Å². The summed E-state index contributed by atoms with van der Waals surface area (Å²) in [5.74, 6) is 1.32. The van der Waals surface area contributed by atoms with Crippen molar-refractivity contribution in [3.8, 4) is 11.5 Å². The second-order valence-electron chi connectivity index (χ2n) is 6.65. The van der Waals surface area contributed by atoms with Crippen LogP contribution in [0.15, 0.2) is 48.5 Å². The minimum Gasteiger partial charge on any atom is -0.497 e. The molecule has 0 aliphatic heterocycles. The topological polar surface area (TPSA) is 76.7 Å². The molecular formula is C21H26N2O4. The van der Waals surface area contributed by atoms with Gasteiger partial charge in [0.15, 0.2) is 6.10 Å². The van der Waals surface area contributed by atoms with Gasteiger partial charge < -0.3 is 20.1 Å². The summed E-state index contributed by atoms with van der Waals surface area (Å²) >= 11 is 0. The van der Waals surface area contributed by atoms with Crippen molar-refractivity contribution < 1.29 is 19.1 Å². The maximum Gasteiger partial charge on any atom is 0.265 e. The molecule has 6 heteroatoms. The van der Waals surface area contributed by atoms with Crippen LogP contribution >= 0.6 is 0 Å². The molecule has 0 aliphatic rings. The molecule has 0 aliphatic carbocycles. The van der Waals surface area contributed by atoms with E-state index in [-0.39, 0.29) is 11.8 Å². The Balaban J connectivity index is 1.87. The quantitative estimate of drug-likeness (QED) is 0.734.